The molecule has 2 N–H and O–H groups in total. The van der Waals surface area contributed by atoms with E-state index in [9.17, 15) is 9.59 Å². The molecule has 132 valence electrons. The lowest BCUT2D eigenvalue weighted by molar-refractivity contribution is -0.124. The molecule has 2 rings (SSSR count). The molecule has 0 unspecified atom stereocenters. The Bertz CT molecular complexity index is 864. The van der Waals surface area contributed by atoms with E-state index in [2.05, 4.69) is 6.58 Å². The van der Waals surface area contributed by atoms with E-state index in [0.717, 1.165) is 22.3 Å². The molecule has 5 nitrogen and oxygen atoms in total. The summed E-state index contributed by atoms with van der Waals surface area (Å²) in [7, 11) is 1.35. The lowest BCUT2D eigenvalue weighted by Gasteiger charge is -2.04. The highest BCUT2D eigenvalue weighted by atomic mass is 16.5. The van der Waals surface area contributed by atoms with Gasteiger partial charge in [-0.25, -0.2) is 10.3 Å². The molecular weight excluding hydrogens is 330 g/mol. The van der Waals surface area contributed by atoms with Gasteiger partial charge in [0.05, 0.1) is 12.7 Å². The number of rotatable bonds is 6. The molecule has 0 heterocycles. The first-order valence-electron chi connectivity index (χ1n) is 7.81. The minimum Gasteiger partial charge on any atom is -0.465 e. The molecule has 0 saturated carbocycles. The molecule has 0 aliphatic carbocycles. The Morgan fingerprint density at radius 3 is 2.15 bits per heavy atom. The fourth-order valence-corrected chi connectivity index (χ4v) is 2.18. The highest BCUT2D eigenvalue weighted by Gasteiger charge is 2.06. The molecule has 1 amide bonds. The van der Waals surface area contributed by atoms with Gasteiger partial charge in [-0.1, -0.05) is 55.1 Å². The Kier molecular flexibility index (Phi) is 6.65. The van der Waals surface area contributed by atoms with Gasteiger partial charge in [-0.3, -0.25) is 10.0 Å². The summed E-state index contributed by atoms with van der Waals surface area (Å²) in [5, 5.41) is 8.44. The van der Waals surface area contributed by atoms with Gasteiger partial charge in [-0.15, -0.1) is 0 Å². The molecule has 0 fully saturated rings. The van der Waals surface area contributed by atoms with Crippen LogP contribution in [-0.2, 0) is 9.53 Å². The minimum absolute atomic E-state index is 0.387. The first kappa shape index (κ1) is 18.9. The van der Waals surface area contributed by atoms with Crippen molar-refractivity contribution in [3.63, 3.8) is 0 Å². The first-order valence-corrected chi connectivity index (χ1v) is 7.81. The van der Waals surface area contributed by atoms with Gasteiger partial charge in [0, 0.05) is 6.08 Å². The highest BCUT2D eigenvalue weighted by molar-refractivity contribution is 5.91. The number of nitrogens with one attached hydrogen (secondary N) is 1. The predicted octanol–water partition coefficient (Wildman–Crippen LogP) is 3.72. The van der Waals surface area contributed by atoms with Crippen LogP contribution >= 0.6 is 0 Å². The van der Waals surface area contributed by atoms with Crippen LogP contribution < -0.4 is 5.48 Å². The van der Waals surface area contributed by atoms with E-state index in [4.69, 9.17) is 9.94 Å². The summed E-state index contributed by atoms with van der Waals surface area (Å²) >= 11 is 0. The second kappa shape index (κ2) is 9.15. The predicted molar refractivity (Wildman–Crippen MR) is 101 cm³/mol. The van der Waals surface area contributed by atoms with Crippen LogP contribution in [0.2, 0.25) is 0 Å². The normalized spacial score (nSPS) is 10.8. The highest BCUT2D eigenvalue weighted by Crippen LogP contribution is 2.18. The topological polar surface area (TPSA) is 75.6 Å². The fourth-order valence-electron chi connectivity index (χ4n) is 2.18. The SMILES string of the molecule is C=C(/C=C/c1ccc(/C=C/C(=O)NO)cc1)c1cccc(C(=O)OC)c1. The third-order valence-corrected chi connectivity index (χ3v) is 3.61. The lowest BCUT2D eigenvalue weighted by Crippen LogP contribution is -2.14. The van der Waals surface area contributed by atoms with Crippen molar-refractivity contribution in [3.05, 3.63) is 89.5 Å². The largest absolute Gasteiger partial charge is 0.465 e. The van der Waals surface area contributed by atoms with Gasteiger partial charge in [-0.05, 0) is 40.5 Å². The van der Waals surface area contributed by atoms with Crippen molar-refractivity contribution < 1.29 is 19.5 Å². The molecule has 0 radical (unpaired) electrons. The standard InChI is InChI=1S/C21H19NO4/c1-15(18-4-3-5-19(14-18)21(24)26-2)6-7-16-8-10-17(11-9-16)12-13-20(23)22-25/h3-14,25H,1H2,2H3,(H,22,23)/b7-6+,13-12+. The van der Waals surface area contributed by atoms with Crippen LogP contribution in [0, 0.1) is 0 Å². The number of benzene rings is 2. The number of carbonyl (C=O) groups is 2. The van der Waals surface area contributed by atoms with Gasteiger partial charge in [0.15, 0.2) is 0 Å². The van der Waals surface area contributed by atoms with E-state index in [1.165, 1.54) is 18.7 Å². The zero-order valence-corrected chi connectivity index (χ0v) is 14.3. The van der Waals surface area contributed by atoms with Gasteiger partial charge in [0.2, 0.25) is 0 Å². The minimum atomic E-state index is -0.584. The maximum atomic E-state index is 11.6. The van der Waals surface area contributed by atoms with Gasteiger partial charge in [-0.2, -0.15) is 0 Å². The summed E-state index contributed by atoms with van der Waals surface area (Å²) < 4.78 is 4.72. The Hall–Kier alpha value is -3.44. The number of esters is 1. The number of carbonyl (C=O) groups excluding carboxylic acids is 2. The van der Waals surface area contributed by atoms with Crippen LogP contribution in [0.1, 0.15) is 27.0 Å². The number of methoxy groups -OCH3 is 1. The van der Waals surface area contributed by atoms with E-state index in [0.29, 0.717) is 5.56 Å². The summed E-state index contributed by atoms with van der Waals surface area (Å²) in [5.41, 5.74) is 5.39. The summed E-state index contributed by atoms with van der Waals surface area (Å²) in [4.78, 5) is 22.6. The molecule has 0 saturated heterocycles. The Balaban J connectivity index is 2.07. The smallest absolute Gasteiger partial charge is 0.337 e. The van der Waals surface area contributed by atoms with Gasteiger partial charge < -0.3 is 4.74 Å². The van der Waals surface area contributed by atoms with Crippen LogP contribution in [0.25, 0.3) is 17.7 Å². The van der Waals surface area contributed by atoms with E-state index < -0.39 is 5.91 Å². The van der Waals surface area contributed by atoms with Crippen molar-refractivity contribution >= 4 is 29.6 Å². The quantitative estimate of drug-likeness (QED) is 0.274. The summed E-state index contributed by atoms with van der Waals surface area (Å²) in [6, 6.07) is 14.6. The molecule has 0 aliphatic rings. The average Bonchev–Trinajstić information content (AvgIpc) is 2.70. The third kappa shape index (κ3) is 5.29. The van der Waals surface area contributed by atoms with E-state index in [-0.39, 0.29) is 5.97 Å². The molecule has 5 heteroatoms. The maximum absolute atomic E-state index is 11.6. The van der Waals surface area contributed by atoms with Gasteiger partial charge >= 0.3 is 5.97 Å². The second-order valence-electron chi connectivity index (χ2n) is 5.41. The summed E-state index contributed by atoms with van der Waals surface area (Å²) in [5.74, 6) is -0.971. The summed E-state index contributed by atoms with van der Waals surface area (Å²) in [6.45, 7) is 4.02. The van der Waals surface area contributed by atoms with Crippen LogP contribution in [0.15, 0.2) is 67.3 Å². The van der Waals surface area contributed by atoms with Crippen LogP contribution in [0.4, 0.5) is 0 Å². The van der Waals surface area contributed by atoms with Crippen LogP contribution in [0.3, 0.4) is 0 Å². The number of hydroxylamine groups is 1. The zero-order valence-electron chi connectivity index (χ0n) is 14.3. The molecule has 0 atom stereocenters. The Morgan fingerprint density at radius 1 is 1.00 bits per heavy atom. The Morgan fingerprint density at radius 2 is 1.58 bits per heavy atom. The monoisotopic (exact) mass is 349 g/mol. The van der Waals surface area contributed by atoms with Gasteiger partial charge in [0.25, 0.3) is 5.91 Å². The number of hydrogen-bond acceptors (Lipinski definition) is 4. The second-order valence-corrected chi connectivity index (χ2v) is 5.41. The maximum Gasteiger partial charge on any atom is 0.337 e. The molecular formula is C21H19NO4. The molecule has 0 aromatic heterocycles. The van der Waals surface area contributed by atoms with Crippen molar-refractivity contribution in [3.8, 4) is 0 Å². The van der Waals surface area contributed by atoms with Crippen LogP contribution in [0.5, 0.6) is 0 Å². The van der Waals surface area contributed by atoms with E-state index in [1.54, 1.807) is 24.3 Å². The molecule has 2 aromatic carbocycles. The van der Waals surface area contributed by atoms with E-state index in [1.807, 2.05) is 42.5 Å². The molecule has 0 spiro atoms. The summed E-state index contributed by atoms with van der Waals surface area (Å²) in [6.07, 6.45) is 6.60. The molecule has 26 heavy (non-hydrogen) atoms. The fraction of sp³-hybridized carbons (Fsp3) is 0.0476. The number of allylic oxidation sites excluding steroid dienone is 2. The molecule has 0 bridgehead atoms. The van der Waals surface area contributed by atoms with E-state index >= 15 is 0 Å². The first-order chi connectivity index (χ1) is 12.5. The average molecular weight is 349 g/mol. The van der Waals surface area contributed by atoms with Crippen molar-refractivity contribution in [2.75, 3.05) is 7.11 Å². The lowest BCUT2D eigenvalue weighted by atomic mass is 10.0. The Labute approximate surface area is 151 Å². The molecule has 0 aliphatic heterocycles. The van der Waals surface area contributed by atoms with Crippen molar-refractivity contribution in [1.82, 2.24) is 5.48 Å². The number of ether oxygens (including phenoxy) is 1. The molecule has 2 aromatic rings. The zero-order chi connectivity index (χ0) is 18.9. The third-order valence-electron chi connectivity index (χ3n) is 3.61. The number of hydrogen-bond donors (Lipinski definition) is 2. The number of amides is 1. The van der Waals surface area contributed by atoms with Crippen LogP contribution in [-0.4, -0.2) is 24.2 Å². The van der Waals surface area contributed by atoms with Crippen molar-refractivity contribution in [1.29, 1.82) is 0 Å². The van der Waals surface area contributed by atoms with Crippen molar-refractivity contribution in [2.24, 2.45) is 0 Å². The van der Waals surface area contributed by atoms with Gasteiger partial charge in [0.1, 0.15) is 0 Å². The van der Waals surface area contributed by atoms with Crippen molar-refractivity contribution in [2.45, 2.75) is 0 Å².